The summed E-state index contributed by atoms with van der Waals surface area (Å²) in [6.07, 6.45) is 1.30. The molecular weight excluding hydrogens is 404 g/mol. The maximum Gasteiger partial charge on any atom is 0.224 e. The molecular formula is C19H21ClN2O3S2. The van der Waals surface area contributed by atoms with Crippen LogP contribution in [0.25, 0.3) is 0 Å². The zero-order valence-electron chi connectivity index (χ0n) is 14.9. The number of carbonyl (C=O) groups is 2. The number of ether oxygens (including phenoxy) is 1. The fraction of sp³-hybridized carbons (Fsp3) is 0.368. The SMILES string of the molecule is CC(=O)Nc1cccc(OCCCN2C(=O)CCSC2c2ccc(Cl)s2)c1. The topological polar surface area (TPSA) is 58.6 Å². The van der Waals surface area contributed by atoms with E-state index in [1.54, 1.807) is 17.8 Å². The summed E-state index contributed by atoms with van der Waals surface area (Å²) in [7, 11) is 0. The van der Waals surface area contributed by atoms with Crippen LogP contribution in [0.3, 0.4) is 0 Å². The van der Waals surface area contributed by atoms with E-state index in [-0.39, 0.29) is 17.2 Å². The number of amides is 2. The maximum atomic E-state index is 12.4. The number of hydrogen-bond donors (Lipinski definition) is 1. The van der Waals surface area contributed by atoms with Crippen molar-refractivity contribution in [2.24, 2.45) is 0 Å². The summed E-state index contributed by atoms with van der Waals surface area (Å²) >= 11 is 9.37. The van der Waals surface area contributed by atoms with Crippen LogP contribution in [0.15, 0.2) is 36.4 Å². The van der Waals surface area contributed by atoms with Crippen LogP contribution in [0.5, 0.6) is 5.75 Å². The van der Waals surface area contributed by atoms with E-state index in [1.165, 1.54) is 18.3 Å². The molecule has 3 rings (SSSR count). The molecule has 2 heterocycles. The predicted molar refractivity (Wildman–Crippen MR) is 112 cm³/mol. The van der Waals surface area contributed by atoms with Crippen molar-refractivity contribution in [1.82, 2.24) is 4.90 Å². The van der Waals surface area contributed by atoms with Gasteiger partial charge in [-0.1, -0.05) is 17.7 Å². The fourth-order valence-electron chi connectivity index (χ4n) is 2.85. The summed E-state index contributed by atoms with van der Waals surface area (Å²) in [5, 5.41) is 2.77. The highest BCUT2D eigenvalue weighted by atomic mass is 35.5. The Balaban J connectivity index is 1.53. The Morgan fingerprint density at radius 2 is 2.22 bits per heavy atom. The Morgan fingerprint density at radius 1 is 1.37 bits per heavy atom. The summed E-state index contributed by atoms with van der Waals surface area (Å²) in [4.78, 5) is 26.6. The number of anilines is 1. The lowest BCUT2D eigenvalue weighted by atomic mass is 10.3. The summed E-state index contributed by atoms with van der Waals surface area (Å²) in [5.41, 5.74) is 0.706. The smallest absolute Gasteiger partial charge is 0.224 e. The first-order valence-corrected chi connectivity index (χ1v) is 10.9. The van der Waals surface area contributed by atoms with Crippen LogP contribution in [0, 0.1) is 0 Å². The highest BCUT2D eigenvalue weighted by molar-refractivity contribution is 7.99. The minimum Gasteiger partial charge on any atom is -0.493 e. The highest BCUT2D eigenvalue weighted by Gasteiger charge is 2.30. The molecule has 1 aliphatic heterocycles. The van der Waals surface area contributed by atoms with E-state index in [1.807, 2.05) is 35.2 Å². The van der Waals surface area contributed by atoms with Gasteiger partial charge in [-0.05, 0) is 30.7 Å². The minimum atomic E-state index is -0.118. The molecule has 0 bridgehead atoms. The van der Waals surface area contributed by atoms with E-state index >= 15 is 0 Å². The first kappa shape index (κ1) is 20.0. The largest absolute Gasteiger partial charge is 0.493 e. The van der Waals surface area contributed by atoms with Crippen molar-refractivity contribution in [2.45, 2.75) is 25.1 Å². The molecule has 0 aliphatic carbocycles. The number of nitrogens with one attached hydrogen (secondary N) is 1. The predicted octanol–water partition coefficient (Wildman–Crippen LogP) is 4.79. The third kappa shape index (κ3) is 5.64. The summed E-state index contributed by atoms with van der Waals surface area (Å²) in [5.74, 6) is 1.59. The van der Waals surface area contributed by atoms with Gasteiger partial charge in [0.05, 0.1) is 10.9 Å². The average Bonchev–Trinajstić information content (AvgIpc) is 3.05. The van der Waals surface area contributed by atoms with Crippen molar-refractivity contribution in [2.75, 3.05) is 24.2 Å². The van der Waals surface area contributed by atoms with Crippen LogP contribution < -0.4 is 10.1 Å². The van der Waals surface area contributed by atoms with E-state index in [4.69, 9.17) is 16.3 Å². The van der Waals surface area contributed by atoms with Crippen LogP contribution in [-0.4, -0.2) is 35.6 Å². The number of nitrogens with zero attached hydrogens (tertiary/aromatic N) is 1. The molecule has 1 aromatic heterocycles. The third-order valence-electron chi connectivity index (χ3n) is 4.00. The van der Waals surface area contributed by atoms with Crippen LogP contribution in [0.2, 0.25) is 4.34 Å². The van der Waals surface area contributed by atoms with E-state index < -0.39 is 0 Å². The number of benzene rings is 1. The summed E-state index contributed by atoms with van der Waals surface area (Å²) in [6, 6.07) is 11.2. The normalized spacial score (nSPS) is 17.0. The van der Waals surface area contributed by atoms with Gasteiger partial charge in [0.1, 0.15) is 11.1 Å². The van der Waals surface area contributed by atoms with Gasteiger partial charge < -0.3 is 15.0 Å². The van der Waals surface area contributed by atoms with Crippen molar-refractivity contribution in [3.05, 3.63) is 45.6 Å². The van der Waals surface area contributed by atoms with Gasteiger partial charge in [-0.25, -0.2) is 0 Å². The van der Waals surface area contributed by atoms with Crippen LogP contribution in [0.1, 0.15) is 30.0 Å². The van der Waals surface area contributed by atoms with Crippen molar-refractivity contribution >= 4 is 52.2 Å². The van der Waals surface area contributed by atoms with E-state index in [0.29, 0.717) is 31.0 Å². The van der Waals surface area contributed by atoms with Gasteiger partial charge in [-0.15, -0.1) is 23.1 Å². The molecule has 0 saturated carbocycles. The minimum absolute atomic E-state index is 0.0341. The Labute approximate surface area is 172 Å². The van der Waals surface area contributed by atoms with Gasteiger partial charge in [0, 0.05) is 42.3 Å². The van der Waals surface area contributed by atoms with Gasteiger partial charge in [-0.2, -0.15) is 0 Å². The highest BCUT2D eigenvalue weighted by Crippen LogP contribution is 2.41. The monoisotopic (exact) mass is 424 g/mol. The van der Waals surface area contributed by atoms with Crippen molar-refractivity contribution in [3.8, 4) is 5.75 Å². The fourth-order valence-corrected chi connectivity index (χ4v) is 5.42. The van der Waals surface area contributed by atoms with Gasteiger partial charge in [0.25, 0.3) is 0 Å². The lowest BCUT2D eigenvalue weighted by molar-refractivity contribution is -0.132. The van der Waals surface area contributed by atoms with Gasteiger partial charge in [-0.3, -0.25) is 9.59 Å². The zero-order valence-corrected chi connectivity index (χ0v) is 17.3. The second-order valence-electron chi connectivity index (χ2n) is 6.11. The number of halogens is 1. The molecule has 1 N–H and O–H groups in total. The van der Waals surface area contributed by atoms with E-state index in [0.717, 1.165) is 21.4 Å². The quantitative estimate of drug-likeness (QED) is 0.649. The van der Waals surface area contributed by atoms with Crippen molar-refractivity contribution in [1.29, 1.82) is 0 Å². The van der Waals surface area contributed by atoms with E-state index in [2.05, 4.69) is 5.32 Å². The first-order valence-electron chi connectivity index (χ1n) is 8.69. The molecule has 1 unspecified atom stereocenters. The molecule has 1 aromatic carbocycles. The maximum absolute atomic E-state index is 12.4. The lowest BCUT2D eigenvalue weighted by Gasteiger charge is -2.34. The van der Waals surface area contributed by atoms with Gasteiger partial charge in [0.15, 0.2) is 0 Å². The molecule has 1 atom stereocenters. The van der Waals surface area contributed by atoms with Crippen molar-refractivity contribution in [3.63, 3.8) is 0 Å². The zero-order chi connectivity index (χ0) is 19.2. The molecule has 1 saturated heterocycles. The standard InChI is InChI=1S/C19H21ClN2O3S2/c1-13(23)21-14-4-2-5-15(12-14)25-10-3-9-22-18(24)8-11-26-19(22)16-6-7-17(20)27-16/h2,4-7,12,19H,3,8-11H2,1H3,(H,21,23). The van der Waals surface area contributed by atoms with Crippen LogP contribution >= 0.6 is 34.7 Å². The molecule has 27 heavy (non-hydrogen) atoms. The lowest BCUT2D eigenvalue weighted by Crippen LogP contribution is -2.38. The third-order valence-corrected chi connectivity index (χ3v) is 6.70. The van der Waals surface area contributed by atoms with Gasteiger partial charge >= 0.3 is 0 Å². The molecule has 2 aromatic rings. The molecule has 0 radical (unpaired) electrons. The average molecular weight is 425 g/mol. The number of thiophene rings is 1. The number of carbonyl (C=O) groups excluding carboxylic acids is 2. The molecule has 0 spiro atoms. The molecule has 1 fully saturated rings. The molecule has 5 nitrogen and oxygen atoms in total. The summed E-state index contributed by atoms with van der Waals surface area (Å²) < 4.78 is 6.53. The Hall–Kier alpha value is -1.70. The van der Waals surface area contributed by atoms with Gasteiger partial charge in [0.2, 0.25) is 11.8 Å². The van der Waals surface area contributed by atoms with Crippen LogP contribution in [-0.2, 0) is 9.59 Å². The van der Waals surface area contributed by atoms with E-state index in [9.17, 15) is 9.59 Å². The van der Waals surface area contributed by atoms with Crippen LogP contribution in [0.4, 0.5) is 5.69 Å². The molecule has 8 heteroatoms. The number of thioether (sulfide) groups is 1. The number of hydrogen-bond acceptors (Lipinski definition) is 5. The summed E-state index contributed by atoms with van der Waals surface area (Å²) in [6.45, 7) is 2.60. The Morgan fingerprint density at radius 3 is 2.96 bits per heavy atom. The Kier molecular flexibility index (Phi) is 7.04. The molecule has 2 amide bonds. The Bertz CT molecular complexity index is 812. The second kappa shape index (κ2) is 9.48. The molecule has 144 valence electrons. The second-order valence-corrected chi connectivity index (χ2v) is 9.05. The van der Waals surface area contributed by atoms with Crippen molar-refractivity contribution < 1.29 is 14.3 Å². The number of rotatable bonds is 7. The first-order chi connectivity index (χ1) is 13.0. The molecule has 1 aliphatic rings.